The summed E-state index contributed by atoms with van der Waals surface area (Å²) < 4.78 is 10.6. The molecule has 19 heavy (non-hydrogen) atoms. The number of rotatable bonds is 4. The third-order valence-electron chi connectivity index (χ3n) is 2.46. The van der Waals surface area contributed by atoms with Crippen LogP contribution in [0, 0.1) is 6.92 Å². The highest BCUT2D eigenvalue weighted by molar-refractivity contribution is 6.28. The number of nitrogens with zero attached hydrogens (tertiary/aromatic N) is 3. The maximum absolute atomic E-state index is 5.89. The molecule has 1 aromatic heterocycles. The Morgan fingerprint density at radius 1 is 1.21 bits per heavy atom. The van der Waals surface area contributed by atoms with E-state index in [1.54, 1.807) is 7.11 Å². The lowest BCUT2D eigenvalue weighted by Crippen LogP contribution is -2.02. The summed E-state index contributed by atoms with van der Waals surface area (Å²) >= 11 is 5.89. The highest BCUT2D eigenvalue weighted by atomic mass is 35.5. The predicted molar refractivity (Wildman–Crippen MR) is 72.7 cm³/mol. The van der Waals surface area contributed by atoms with Crippen molar-refractivity contribution in [2.24, 2.45) is 0 Å². The molecule has 6 heteroatoms. The summed E-state index contributed by atoms with van der Waals surface area (Å²) in [5.41, 5.74) is 1.83. The van der Waals surface area contributed by atoms with Gasteiger partial charge >= 0.3 is 6.01 Å². The summed E-state index contributed by atoms with van der Waals surface area (Å²) in [7, 11) is 1.60. The zero-order chi connectivity index (χ0) is 13.8. The first-order chi connectivity index (χ1) is 9.13. The predicted octanol–water partition coefficient (Wildman–Crippen LogP) is 2.91. The minimum atomic E-state index is 0.0945. The molecule has 0 N–H and O–H groups in total. The van der Waals surface area contributed by atoms with E-state index in [0.717, 1.165) is 11.1 Å². The van der Waals surface area contributed by atoms with Crippen molar-refractivity contribution in [3.05, 3.63) is 29.0 Å². The van der Waals surface area contributed by atoms with Gasteiger partial charge in [0.05, 0.1) is 19.3 Å². The average molecular weight is 280 g/mol. The van der Waals surface area contributed by atoms with E-state index in [2.05, 4.69) is 15.0 Å². The molecular weight excluding hydrogens is 266 g/mol. The van der Waals surface area contributed by atoms with E-state index in [4.69, 9.17) is 21.1 Å². The smallest absolute Gasteiger partial charge is 0.321 e. The maximum Gasteiger partial charge on any atom is 0.321 e. The number of aryl methyl sites for hydroxylation is 1. The molecule has 2 aromatic rings. The highest BCUT2D eigenvalue weighted by Gasteiger charge is 2.12. The summed E-state index contributed by atoms with van der Waals surface area (Å²) in [5.74, 6) is 1.11. The van der Waals surface area contributed by atoms with Gasteiger partial charge in [-0.05, 0) is 37.6 Å². The number of methoxy groups -OCH3 is 1. The van der Waals surface area contributed by atoms with Crippen LogP contribution in [0.4, 0.5) is 0 Å². The second kappa shape index (κ2) is 5.84. The normalized spacial score (nSPS) is 10.3. The molecule has 2 rings (SSSR count). The van der Waals surface area contributed by atoms with E-state index < -0.39 is 0 Å². The summed E-state index contributed by atoms with van der Waals surface area (Å²) in [6.07, 6.45) is 0. The Morgan fingerprint density at radius 3 is 2.68 bits per heavy atom. The third-order valence-corrected chi connectivity index (χ3v) is 2.63. The van der Waals surface area contributed by atoms with Crippen LogP contribution in [0.1, 0.15) is 12.5 Å². The minimum Gasteiger partial charge on any atom is -0.496 e. The molecule has 1 aromatic carbocycles. The van der Waals surface area contributed by atoms with Gasteiger partial charge < -0.3 is 9.47 Å². The molecule has 0 aliphatic rings. The van der Waals surface area contributed by atoms with Gasteiger partial charge in [-0.1, -0.05) is 11.6 Å². The van der Waals surface area contributed by atoms with E-state index in [9.17, 15) is 0 Å². The molecule has 0 saturated heterocycles. The lowest BCUT2D eigenvalue weighted by atomic mass is 10.1. The van der Waals surface area contributed by atoms with Crippen molar-refractivity contribution >= 4 is 11.6 Å². The average Bonchev–Trinajstić information content (AvgIpc) is 2.38. The number of ether oxygens (including phenoxy) is 2. The van der Waals surface area contributed by atoms with Crippen LogP contribution in [0.25, 0.3) is 11.4 Å². The molecule has 0 aliphatic carbocycles. The van der Waals surface area contributed by atoms with E-state index in [1.165, 1.54) is 0 Å². The second-order valence-electron chi connectivity index (χ2n) is 3.85. The largest absolute Gasteiger partial charge is 0.496 e. The van der Waals surface area contributed by atoms with Crippen LogP contribution in [-0.4, -0.2) is 28.7 Å². The van der Waals surface area contributed by atoms with Crippen molar-refractivity contribution in [3.8, 4) is 23.1 Å². The highest BCUT2D eigenvalue weighted by Crippen LogP contribution is 2.29. The Bertz CT molecular complexity index is 590. The third kappa shape index (κ3) is 3.12. The van der Waals surface area contributed by atoms with E-state index in [-0.39, 0.29) is 11.3 Å². The standard InChI is InChI=1S/C13H14ClN3O2/c1-4-19-13-16-11(15-12(14)17-13)9-7-8(2)5-6-10(9)18-3/h5-7H,4H2,1-3H3. The van der Waals surface area contributed by atoms with Gasteiger partial charge in [-0.25, -0.2) is 0 Å². The molecule has 0 fully saturated rings. The van der Waals surface area contributed by atoms with E-state index >= 15 is 0 Å². The molecule has 0 atom stereocenters. The fourth-order valence-electron chi connectivity index (χ4n) is 1.64. The topological polar surface area (TPSA) is 57.1 Å². The van der Waals surface area contributed by atoms with Crippen molar-refractivity contribution in [1.29, 1.82) is 0 Å². The number of hydrogen-bond donors (Lipinski definition) is 0. The summed E-state index contributed by atoms with van der Waals surface area (Å²) in [6.45, 7) is 4.30. The minimum absolute atomic E-state index is 0.0945. The van der Waals surface area contributed by atoms with Gasteiger partial charge in [0.15, 0.2) is 5.82 Å². The summed E-state index contributed by atoms with van der Waals surface area (Å²) in [4.78, 5) is 12.3. The Kier molecular flexibility index (Phi) is 4.16. The van der Waals surface area contributed by atoms with E-state index in [0.29, 0.717) is 18.2 Å². The van der Waals surface area contributed by atoms with Gasteiger partial charge in [-0.2, -0.15) is 15.0 Å². The van der Waals surface area contributed by atoms with Crippen LogP contribution in [0.2, 0.25) is 5.28 Å². The number of halogens is 1. The number of benzene rings is 1. The molecular formula is C13H14ClN3O2. The van der Waals surface area contributed by atoms with Crippen molar-refractivity contribution in [1.82, 2.24) is 15.0 Å². The van der Waals surface area contributed by atoms with Crippen molar-refractivity contribution < 1.29 is 9.47 Å². The zero-order valence-corrected chi connectivity index (χ0v) is 11.7. The number of hydrogen-bond acceptors (Lipinski definition) is 5. The molecule has 1 heterocycles. The van der Waals surface area contributed by atoms with Crippen LogP contribution in [0.5, 0.6) is 11.8 Å². The zero-order valence-electron chi connectivity index (χ0n) is 11.0. The number of aromatic nitrogens is 3. The van der Waals surface area contributed by atoms with Gasteiger partial charge in [-0.3, -0.25) is 0 Å². The molecule has 0 bridgehead atoms. The Morgan fingerprint density at radius 2 is 2.00 bits per heavy atom. The first kappa shape index (κ1) is 13.5. The lowest BCUT2D eigenvalue weighted by Gasteiger charge is -2.09. The van der Waals surface area contributed by atoms with Gasteiger partial charge in [0.25, 0.3) is 0 Å². The lowest BCUT2D eigenvalue weighted by molar-refractivity contribution is 0.312. The SMILES string of the molecule is CCOc1nc(Cl)nc(-c2cc(C)ccc2OC)n1. The van der Waals surface area contributed by atoms with Crippen molar-refractivity contribution in [2.75, 3.05) is 13.7 Å². The Labute approximate surface area is 116 Å². The Hall–Kier alpha value is -1.88. The molecule has 0 unspecified atom stereocenters. The van der Waals surface area contributed by atoms with Crippen LogP contribution in [0.15, 0.2) is 18.2 Å². The molecule has 0 radical (unpaired) electrons. The molecule has 5 nitrogen and oxygen atoms in total. The van der Waals surface area contributed by atoms with Crippen LogP contribution in [0.3, 0.4) is 0 Å². The van der Waals surface area contributed by atoms with Crippen molar-refractivity contribution in [3.63, 3.8) is 0 Å². The molecule has 0 spiro atoms. The fraction of sp³-hybridized carbons (Fsp3) is 0.308. The van der Waals surface area contributed by atoms with Gasteiger partial charge in [0.2, 0.25) is 5.28 Å². The molecule has 0 amide bonds. The van der Waals surface area contributed by atoms with Crippen LogP contribution < -0.4 is 9.47 Å². The quantitative estimate of drug-likeness (QED) is 0.861. The van der Waals surface area contributed by atoms with Crippen LogP contribution in [-0.2, 0) is 0 Å². The Balaban J connectivity index is 2.54. The monoisotopic (exact) mass is 279 g/mol. The van der Waals surface area contributed by atoms with Crippen molar-refractivity contribution in [2.45, 2.75) is 13.8 Å². The fourth-order valence-corrected chi connectivity index (χ4v) is 1.79. The van der Waals surface area contributed by atoms with E-state index in [1.807, 2.05) is 32.0 Å². The molecule has 0 aliphatic heterocycles. The first-order valence-electron chi connectivity index (χ1n) is 5.83. The molecule has 0 saturated carbocycles. The summed E-state index contributed by atoms with van der Waals surface area (Å²) in [6, 6.07) is 5.96. The first-order valence-corrected chi connectivity index (χ1v) is 6.21. The summed E-state index contributed by atoms with van der Waals surface area (Å²) in [5, 5.41) is 0.0945. The van der Waals surface area contributed by atoms with Gasteiger partial charge in [0, 0.05) is 0 Å². The molecule has 100 valence electrons. The van der Waals surface area contributed by atoms with Gasteiger partial charge in [-0.15, -0.1) is 0 Å². The van der Waals surface area contributed by atoms with Crippen LogP contribution >= 0.6 is 11.6 Å². The van der Waals surface area contributed by atoms with Gasteiger partial charge in [0.1, 0.15) is 5.75 Å². The maximum atomic E-state index is 5.89. The second-order valence-corrected chi connectivity index (χ2v) is 4.19.